The van der Waals surface area contributed by atoms with Crippen LogP contribution in [0, 0.1) is 0 Å². The number of hydrogen-bond acceptors (Lipinski definition) is 1. The van der Waals surface area contributed by atoms with E-state index in [9.17, 15) is 0 Å². The fraction of sp³-hybridized carbons (Fsp3) is 0.571. The molecule has 0 saturated carbocycles. The zero-order valence-corrected chi connectivity index (χ0v) is 11.7. The molecule has 0 fully saturated rings. The van der Waals surface area contributed by atoms with Crippen molar-refractivity contribution in [1.29, 1.82) is 0 Å². The van der Waals surface area contributed by atoms with Crippen LogP contribution >= 0.6 is 15.9 Å². The number of benzene rings is 1. The molecule has 0 aliphatic carbocycles. The van der Waals surface area contributed by atoms with Crippen LogP contribution in [0.5, 0.6) is 0 Å². The molecule has 1 atom stereocenters. The van der Waals surface area contributed by atoms with Crippen LogP contribution in [0.3, 0.4) is 0 Å². The number of anilines is 1. The number of rotatable bonds is 4. The summed E-state index contributed by atoms with van der Waals surface area (Å²) in [6.07, 6.45) is 5.13. The van der Waals surface area contributed by atoms with E-state index in [1.807, 2.05) is 0 Å². The average molecular weight is 282 g/mol. The van der Waals surface area contributed by atoms with Gasteiger partial charge in [-0.3, -0.25) is 0 Å². The van der Waals surface area contributed by atoms with E-state index in [1.165, 1.54) is 41.4 Å². The zero-order chi connectivity index (χ0) is 11.6. The molecular formula is C14H20BrN. The molecule has 1 N–H and O–H groups in total. The molecule has 1 heterocycles. The molecule has 0 aromatic heterocycles. The summed E-state index contributed by atoms with van der Waals surface area (Å²) in [5.74, 6) is 0. The summed E-state index contributed by atoms with van der Waals surface area (Å²) < 4.78 is 1.20. The number of hydrogen-bond donors (Lipinski definition) is 1. The van der Waals surface area contributed by atoms with Crippen LogP contribution in [-0.4, -0.2) is 6.54 Å². The lowest BCUT2D eigenvalue weighted by Gasteiger charge is -2.28. The lowest BCUT2D eigenvalue weighted by Crippen LogP contribution is -2.27. The van der Waals surface area contributed by atoms with Gasteiger partial charge in [0.25, 0.3) is 0 Å². The van der Waals surface area contributed by atoms with Gasteiger partial charge in [-0.1, -0.05) is 42.6 Å². The minimum absolute atomic E-state index is 0.370. The molecule has 0 amide bonds. The predicted octanol–water partition coefficient (Wildman–Crippen LogP) is 4.71. The summed E-state index contributed by atoms with van der Waals surface area (Å²) in [4.78, 5) is 0. The second-order valence-corrected chi connectivity index (χ2v) is 5.70. The van der Waals surface area contributed by atoms with Crippen LogP contribution in [0.4, 0.5) is 5.69 Å². The standard InChI is InChI=1S/C14H20BrN/c1-3-5-8-14(4-2)10-16-13-7-6-11(15)9-12(13)14/h6-7,9,16H,3-5,8,10H2,1-2H3. The van der Waals surface area contributed by atoms with Crippen molar-refractivity contribution >= 4 is 21.6 Å². The van der Waals surface area contributed by atoms with E-state index >= 15 is 0 Å². The molecule has 0 saturated heterocycles. The van der Waals surface area contributed by atoms with Crippen molar-refractivity contribution in [2.45, 2.75) is 44.9 Å². The van der Waals surface area contributed by atoms with Crippen LogP contribution in [0.15, 0.2) is 22.7 Å². The van der Waals surface area contributed by atoms with Crippen molar-refractivity contribution in [3.05, 3.63) is 28.2 Å². The summed E-state index contributed by atoms with van der Waals surface area (Å²) in [5.41, 5.74) is 3.22. The molecule has 1 aromatic carbocycles. The van der Waals surface area contributed by atoms with Gasteiger partial charge in [0.05, 0.1) is 0 Å². The quantitative estimate of drug-likeness (QED) is 0.843. The van der Waals surface area contributed by atoms with E-state index in [1.54, 1.807) is 0 Å². The van der Waals surface area contributed by atoms with Gasteiger partial charge in [-0.2, -0.15) is 0 Å². The van der Waals surface area contributed by atoms with Gasteiger partial charge < -0.3 is 5.32 Å². The van der Waals surface area contributed by atoms with Gasteiger partial charge in [-0.25, -0.2) is 0 Å². The van der Waals surface area contributed by atoms with Gasteiger partial charge >= 0.3 is 0 Å². The average Bonchev–Trinajstić information content (AvgIpc) is 2.66. The molecule has 0 radical (unpaired) electrons. The first-order chi connectivity index (χ1) is 7.72. The molecule has 16 heavy (non-hydrogen) atoms. The third kappa shape index (κ3) is 2.00. The number of halogens is 1. The summed E-state index contributed by atoms with van der Waals surface area (Å²) in [5, 5.41) is 3.56. The second-order valence-electron chi connectivity index (χ2n) is 4.78. The number of nitrogens with one attached hydrogen (secondary N) is 1. The van der Waals surface area contributed by atoms with Gasteiger partial charge in [0.1, 0.15) is 0 Å². The first-order valence-corrected chi connectivity index (χ1v) is 7.05. The van der Waals surface area contributed by atoms with Crippen LogP contribution in [0.1, 0.15) is 45.1 Å². The normalized spacial score (nSPS) is 22.9. The molecule has 2 heteroatoms. The SMILES string of the molecule is CCCCC1(CC)CNc2ccc(Br)cc21. The van der Waals surface area contributed by atoms with E-state index in [4.69, 9.17) is 0 Å². The molecule has 88 valence electrons. The lowest BCUT2D eigenvalue weighted by atomic mass is 9.76. The molecule has 1 aliphatic heterocycles. The summed E-state index contributed by atoms with van der Waals surface area (Å²) >= 11 is 3.59. The largest absolute Gasteiger partial charge is 0.384 e. The van der Waals surface area contributed by atoms with E-state index in [-0.39, 0.29) is 0 Å². The Kier molecular flexibility index (Phi) is 3.58. The molecule has 0 spiro atoms. The van der Waals surface area contributed by atoms with Gasteiger partial charge in [-0.15, -0.1) is 0 Å². The molecule has 1 aromatic rings. The first kappa shape index (κ1) is 12.0. The molecule has 0 bridgehead atoms. The van der Waals surface area contributed by atoms with Crippen LogP contribution in [-0.2, 0) is 5.41 Å². The maximum Gasteiger partial charge on any atom is 0.0380 e. The fourth-order valence-corrected chi connectivity index (χ4v) is 3.06. The minimum atomic E-state index is 0.370. The Morgan fingerprint density at radius 3 is 2.88 bits per heavy atom. The Morgan fingerprint density at radius 2 is 2.19 bits per heavy atom. The van der Waals surface area contributed by atoms with Crippen molar-refractivity contribution in [2.24, 2.45) is 0 Å². The van der Waals surface area contributed by atoms with E-state index in [0.29, 0.717) is 5.41 Å². The van der Waals surface area contributed by atoms with Crippen LogP contribution in [0.2, 0.25) is 0 Å². The van der Waals surface area contributed by atoms with Crippen LogP contribution in [0.25, 0.3) is 0 Å². The minimum Gasteiger partial charge on any atom is -0.384 e. The fourth-order valence-electron chi connectivity index (χ4n) is 2.70. The Balaban J connectivity index is 2.34. The maximum atomic E-state index is 3.59. The number of fused-ring (bicyclic) bond motifs is 1. The van der Waals surface area contributed by atoms with E-state index in [2.05, 4.69) is 53.3 Å². The lowest BCUT2D eigenvalue weighted by molar-refractivity contribution is 0.402. The molecule has 1 aliphatic rings. The van der Waals surface area contributed by atoms with E-state index in [0.717, 1.165) is 6.54 Å². The van der Waals surface area contributed by atoms with Crippen molar-refractivity contribution in [3.8, 4) is 0 Å². The Bertz CT molecular complexity index is 375. The highest BCUT2D eigenvalue weighted by Crippen LogP contribution is 2.43. The smallest absolute Gasteiger partial charge is 0.0380 e. The molecule has 2 rings (SSSR count). The van der Waals surface area contributed by atoms with Gasteiger partial charge in [0.15, 0.2) is 0 Å². The Hall–Kier alpha value is -0.500. The summed E-state index contributed by atoms with van der Waals surface area (Å²) in [6.45, 7) is 5.69. The second kappa shape index (κ2) is 4.79. The highest BCUT2D eigenvalue weighted by atomic mass is 79.9. The van der Waals surface area contributed by atoms with Gasteiger partial charge in [0, 0.05) is 22.1 Å². The van der Waals surface area contributed by atoms with Gasteiger partial charge in [-0.05, 0) is 36.6 Å². The summed E-state index contributed by atoms with van der Waals surface area (Å²) in [6, 6.07) is 6.62. The molecular weight excluding hydrogens is 262 g/mol. The monoisotopic (exact) mass is 281 g/mol. The third-order valence-electron chi connectivity index (χ3n) is 3.86. The molecule has 1 nitrogen and oxygen atoms in total. The Labute approximate surface area is 107 Å². The van der Waals surface area contributed by atoms with Crippen molar-refractivity contribution in [3.63, 3.8) is 0 Å². The first-order valence-electron chi connectivity index (χ1n) is 6.26. The Morgan fingerprint density at radius 1 is 1.38 bits per heavy atom. The number of unbranched alkanes of at least 4 members (excludes halogenated alkanes) is 1. The van der Waals surface area contributed by atoms with Gasteiger partial charge in [0.2, 0.25) is 0 Å². The topological polar surface area (TPSA) is 12.0 Å². The highest BCUT2D eigenvalue weighted by molar-refractivity contribution is 9.10. The van der Waals surface area contributed by atoms with Crippen molar-refractivity contribution < 1.29 is 0 Å². The highest BCUT2D eigenvalue weighted by Gasteiger charge is 2.36. The van der Waals surface area contributed by atoms with Crippen molar-refractivity contribution in [2.75, 3.05) is 11.9 Å². The van der Waals surface area contributed by atoms with Crippen LogP contribution < -0.4 is 5.32 Å². The third-order valence-corrected chi connectivity index (χ3v) is 4.35. The maximum absolute atomic E-state index is 3.59. The van der Waals surface area contributed by atoms with Crippen molar-refractivity contribution in [1.82, 2.24) is 0 Å². The van der Waals surface area contributed by atoms with E-state index < -0.39 is 0 Å². The molecule has 1 unspecified atom stereocenters. The summed E-state index contributed by atoms with van der Waals surface area (Å²) in [7, 11) is 0. The zero-order valence-electron chi connectivity index (χ0n) is 10.1. The predicted molar refractivity (Wildman–Crippen MR) is 74.1 cm³/mol.